The molecule has 0 aliphatic rings. The second kappa shape index (κ2) is 4.52. The van der Waals surface area contributed by atoms with Gasteiger partial charge in [0.15, 0.2) is 5.82 Å². The standard InChI is InChI=1S/C15H10FN5/c16-11-3-4-12-13(8-17-14(12)6-11)10-7-19-21(9-10)15-2-1-5-18-20-15/h1-9,17H. The summed E-state index contributed by atoms with van der Waals surface area (Å²) in [4.78, 5) is 3.07. The predicted molar refractivity (Wildman–Crippen MR) is 76.4 cm³/mol. The molecule has 5 nitrogen and oxygen atoms in total. The Balaban J connectivity index is 1.81. The molecule has 0 saturated heterocycles. The van der Waals surface area contributed by atoms with Crippen molar-refractivity contribution >= 4 is 10.9 Å². The fraction of sp³-hybridized carbons (Fsp3) is 0. The van der Waals surface area contributed by atoms with Gasteiger partial charge in [-0.1, -0.05) is 0 Å². The van der Waals surface area contributed by atoms with Gasteiger partial charge in [-0.3, -0.25) is 0 Å². The number of hydrogen-bond donors (Lipinski definition) is 1. The molecule has 3 heterocycles. The molecular weight excluding hydrogens is 269 g/mol. The van der Waals surface area contributed by atoms with Gasteiger partial charge >= 0.3 is 0 Å². The average Bonchev–Trinajstić information content (AvgIpc) is 3.13. The molecule has 1 aromatic carbocycles. The van der Waals surface area contributed by atoms with Crippen molar-refractivity contribution in [1.82, 2.24) is 25.0 Å². The Morgan fingerprint density at radius 1 is 1.19 bits per heavy atom. The third-order valence-electron chi connectivity index (χ3n) is 3.33. The van der Waals surface area contributed by atoms with Crippen LogP contribution in [0.4, 0.5) is 4.39 Å². The van der Waals surface area contributed by atoms with E-state index in [-0.39, 0.29) is 5.82 Å². The van der Waals surface area contributed by atoms with Gasteiger partial charge in [-0.05, 0) is 30.3 Å². The highest BCUT2D eigenvalue weighted by atomic mass is 19.1. The Labute approximate surface area is 119 Å². The first-order chi connectivity index (χ1) is 10.3. The summed E-state index contributed by atoms with van der Waals surface area (Å²) in [5.41, 5.74) is 2.66. The minimum absolute atomic E-state index is 0.258. The number of H-pyrrole nitrogens is 1. The number of halogens is 1. The van der Waals surface area contributed by atoms with Crippen molar-refractivity contribution in [1.29, 1.82) is 0 Å². The fourth-order valence-electron chi connectivity index (χ4n) is 2.34. The summed E-state index contributed by atoms with van der Waals surface area (Å²) in [6.07, 6.45) is 7.08. The quantitative estimate of drug-likeness (QED) is 0.613. The van der Waals surface area contributed by atoms with E-state index in [1.54, 1.807) is 29.2 Å². The number of fused-ring (bicyclic) bond motifs is 1. The van der Waals surface area contributed by atoms with Gasteiger partial charge in [-0.15, -0.1) is 5.10 Å². The fourth-order valence-corrected chi connectivity index (χ4v) is 2.34. The van der Waals surface area contributed by atoms with Crippen molar-refractivity contribution in [3.8, 4) is 16.9 Å². The maximum Gasteiger partial charge on any atom is 0.175 e. The number of benzene rings is 1. The number of nitrogens with zero attached hydrogens (tertiary/aromatic N) is 4. The topological polar surface area (TPSA) is 59.4 Å². The lowest BCUT2D eigenvalue weighted by atomic mass is 10.1. The van der Waals surface area contributed by atoms with Crippen LogP contribution in [0.2, 0.25) is 0 Å². The van der Waals surface area contributed by atoms with Gasteiger partial charge in [0, 0.05) is 40.6 Å². The van der Waals surface area contributed by atoms with Crippen LogP contribution in [0.1, 0.15) is 0 Å². The Hall–Kier alpha value is -3.02. The van der Waals surface area contributed by atoms with Crippen LogP contribution in [0.15, 0.2) is 55.1 Å². The molecule has 4 rings (SSSR count). The van der Waals surface area contributed by atoms with E-state index in [1.807, 2.05) is 18.5 Å². The number of aromatic amines is 1. The zero-order chi connectivity index (χ0) is 14.2. The number of nitrogens with one attached hydrogen (secondary N) is 1. The largest absolute Gasteiger partial charge is 0.360 e. The number of rotatable bonds is 2. The van der Waals surface area contributed by atoms with Crippen molar-refractivity contribution in [3.63, 3.8) is 0 Å². The first kappa shape index (κ1) is 11.8. The lowest BCUT2D eigenvalue weighted by Crippen LogP contribution is -1.97. The highest BCUT2D eigenvalue weighted by Crippen LogP contribution is 2.28. The second-order valence-corrected chi connectivity index (χ2v) is 4.65. The van der Waals surface area contributed by atoms with E-state index in [0.717, 1.165) is 22.0 Å². The predicted octanol–water partition coefficient (Wildman–Crippen LogP) is 2.95. The Morgan fingerprint density at radius 2 is 2.14 bits per heavy atom. The van der Waals surface area contributed by atoms with Gasteiger partial charge in [-0.25, -0.2) is 9.07 Å². The highest BCUT2D eigenvalue weighted by molar-refractivity contribution is 5.95. The summed E-state index contributed by atoms with van der Waals surface area (Å²) in [6.45, 7) is 0. The van der Waals surface area contributed by atoms with Crippen LogP contribution in [0, 0.1) is 5.82 Å². The van der Waals surface area contributed by atoms with Crippen LogP contribution in [0.5, 0.6) is 0 Å². The van der Waals surface area contributed by atoms with Crippen molar-refractivity contribution in [3.05, 3.63) is 60.9 Å². The van der Waals surface area contributed by atoms with Gasteiger partial charge in [0.25, 0.3) is 0 Å². The molecule has 21 heavy (non-hydrogen) atoms. The molecular formula is C15H10FN5. The first-order valence-electron chi connectivity index (χ1n) is 6.41. The molecule has 0 aliphatic carbocycles. The molecule has 4 aromatic rings. The lowest BCUT2D eigenvalue weighted by molar-refractivity contribution is 0.629. The van der Waals surface area contributed by atoms with E-state index >= 15 is 0 Å². The molecule has 6 heteroatoms. The Kier molecular flexibility index (Phi) is 2.53. The molecule has 1 N–H and O–H groups in total. The summed E-state index contributed by atoms with van der Waals surface area (Å²) in [6, 6.07) is 8.32. The van der Waals surface area contributed by atoms with Crippen molar-refractivity contribution < 1.29 is 4.39 Å². The van der Waals surface area contributed by atoms with E-state index in [2.05, 4.69) is 20.3 Å². The van der Waals surface area contributed by atoms with Crippen LogP contribution < -0.4 is 0 Å². The van der Waals surface area contributed by atoms with Crippen molar-refractivity contribution in [2.45, 2.75) is 0 Å². The molecule has 0 saturated carbocycles. The van der Waals surface area contributed by atoms with Gasteiger partial charge in [0.2, 0.25) is 0 Å². The van der Waals surface area contributed by atoms with Gasteiger partial charge < -0.3 is 4.98 Å². The van der Waals surface area contributed by atoms with E-state index < -0.39 is 0 Å². The van der Waals surface area contributed by atoms with Gasteiger partial charge in [0.1, 0.15) is 5.82 Å². The zero-order valence-electron chi connectivity index (χ0n) is 10.9. The highest BCUT2D eigenvalue weighted by Gasteiger charge is 2.10. The summed E-state index contributed by atoms with van der Waals surface area (Å²) < 4.78 is 14.9. The Morgan fingerprint density at radius 3 is 3.00 bits per heavy atom. The summed E-state index contributed by atoms with van der Waals surface area (Å²) >= 11 is 0. The summed E-state index contributed by atoms with van der Waals surface area (Å²) in [7, 11) is 0. The van der Waals surface area contributed by atoms with E-state index in [4.69, 9.17) is 0 Å². The zero-order valence-corrected chi connectivity index (χ0v) is 10.9. The molecule has 0 atom stereocenters. The van der Waals surface area contributed by atoms with E-state index in [1.165, 1.54) is 12.1 Å². The Bertz CT molecular complexity index is 910. The van der Waals surface area contributed by atoms with Crippen LogP contribution >= 0.6 is 0 Å². The summed E-state index contributed by atoms with van der Waals surface area (Å²) in [5, 5.41) is 13.1. The van der Waals surface area contributed by atoms with Crippen LogP contribution in [-0.4, -0.2) is 25.0 Å². The van der Waals surface area contributed by atoms with Crippen LogP contribution in [0.25, 0.3) is 27.8 Å². The monoisotopic (exact) mass is 279 g/mol. The molecule has 0 unspecified atom stereocenters. The first-order valence-corrected chi connectivity index (χ1v) is 6.41. The molecule has 0 spiro atoms. The molecule has 0 amide bonds. The second-order valence-electron chi connectivity index (χ2n) is 4.65. The average molecular weight is 279 g/mol. The minimum Gasteiger partial charge on any atom is -0.360 e. The maximum atomic E-state index is 13.2. The molecule has 0 radical (unpaired) electrons. The van der Waals surface area contributed by atoms with E-state index in [9.17, 15) is 4.39 Å². The smallest absolute Gasteiger partial charge is 0.175 e. The van der Waals surface area contributed by atoms with E-state index in [0.29, 0.717) is 5.82 Å². The number of hydrogen-bond acceptors (Lipinski definition) is 3. The molecule has 0 bridgehead atoms. The van der Waals surface area contributed by atoms with Crippen LogP contribution in [0.3, 0.4) is 0 Å². The van der Waals surface area contributed by atoms with Gasteiger partial charge in [0.05, 0.1) is 6.20 Å². The van der Waals surface area contributed by atoms with Crippen molar-refractivity contribution in [2.24, 2.45) is 0 Å². The third-order valence-corrected chi connectivity index (χ3v) is 3.33. The molecule has 3 aromatic heterocycles. The van der Waals surface area contributed by atoms with Crippen molar-refractivity contribution in [2.75, 3.05) is 0 Å². The SMILES string of the molecule is Fc1ccc2c(-c3cnn(-c4cccnn4)c3)c[nH]c2c1. The molecule has 102 valence electrons. The minimum atomic E-state index is -0.258. The lowest BCUT2D eigenvalue weighted by Gasteiger charge is -1.97. The molecule has 0 fully saturated rings. The summed E-state index contributed by atoms with van der Waals surface area (Å²) in [5.74, 6) is 0.390. The maximum absolute atomic E-state index is 13.2. The van der Waals surface area contributed by atoms with Gasteiger partial charge in [-0.2, -0.15) is 10.2 Å². The normalized spacial score (nSPS) is 11.1. The number of aromatic nitrogens is 5. The molecule has 0 aliphatic heterocycles. The van der Waals surface area contributed by atoms with Crippen LogP contribution in [-0.2, 0) is 0 Å². The third kappa shape index (κ3) is 1.97.